The Bertz CT molecular complexity index is 575. The molecule has 1 heterocycles. The molecule has 5 heteroatoms. The zero-order chi connectivity index (χ0) is 13.7. The van der Waals surface area contributed by atoms with Crippen molar-refractivity contribution in [2.75, 3.05) is 11.1 Å². The van der Waals surface area contributed by atoms with E-state index in [9.17, 15) is 4.79 Å². The van der Waals surface area contributed by atoms with Crippen molar-refractivity contribution < 1.29 is 4.79 Å². The lowest BCUT2D eigenvalue weighted by molar-refractivity contribution is -0.113. The highest BCUT2D eigenvalue weighted by Gasteiger charge is 2.06. The average molecular weight is 337 g/mol. The Morgan fingerprint density at radius 3 is 2.89 bits per heavy atom. The highest BCUT2D eigenvalue weighted by molar-refractivity contribution is 9.10. The molecular formula is C14H13BrN2OS. The maximum atomic E-state index is 11.8. The number of carbonyl (C=O) groups excluding carboxylic acids is 1. The molecule has 0 unspecified atom stereocenters. The standard InChI is InChI=1S/C14H13BrN2OS/c1-10-5-6-12(11(15)8-10)17-13(18)9-19-14-4-2-3-7-16-14/h2-8H,9H2,1H3,(H,17,18). The minimum absolute atomic E-state index is 0.0415. The Hall–Kier alpha value is -1.33. The Balaban J connectivity index is 1.91. The number of aromatic nitrogens is 1. The molecule has 0 bridgehead atoms. The summed E-state index contributed by atoms with van der Waals surface area (Å²) in [5.74, 6) is 0.303. The predicted molar refractivity (Wildman–Crippen MR) is 82.5 cm³/mol. The van der Waals surface area contributed by atoms with E-state index in [1.165, 1.54) is 11.8 Å². The van der Waals surface area contributed by atoms with Crippen molar-refractivity contribution in [3.63, 3.8) is 0 Å². The fourth-order valence-electron chi connectivity index (χ4n) is 1.48. The number of benzene rings is 1. The third kappa shape index (κ3) is 4.36. The number of nitrogens with one attached hydrogen (secondary N) is 1. The van der Waals surface area contributed by atoms with E-state index in [2.05, 4.69) is 26.2 Å². The Morgan fingerprint density at radius 2 is 2.21 bits per heavy atom. The number of aryl methyl sites for hydroxylation is 1. The fourth-order valence-corrected chi connectivity index (χ4v) is 2.73. The van der Waals surface area contributed by atoms with Gasteiger partial charge in [0.2, 0.25) is 5.91 Å². The lowest BCUT2D eigenvalue weighted by atomic mass is 10.2. The maximum absolute atomic E-state index is 11.8. The van der Waals surface area contributed by atoms with Gasteiger partial charge in [-0.05, 0) is 52.7 Å². The molecule has 98 valence electrons. The molecule has 0 saturated carbocycles. The van der Waals surface area contributed by atoms with E-state index >= 15 is 0 Å². The molecule has 0 fully saturated rings. The second kappa shape index (κ2) is 6.73. The van der Waals surface area contributed by atoms with Gasteiger partial charge in [0.1, 0.15) is 0 Å². The zero-order valence-corrected chi connectivity index (χ0v) is 12.8. The molecule has 3 nitrogen and oxygen atoms in total. The number of rotatable bonds is 4. The van der Waals surface area contributed by atoms with Crippen LogP contribution in [0.5, 0.6) is 0 Å². The third-order valence-corrected chi connectivity index (χ3v) is 3.99. The summed E-state index contributed by atoms with van der Waals surface area (Å²) in [7, 11) is 0. The van der Waals surface area contributed by atoms with Crippen molar-refractivity contribution in [2.45, 2.75) is 11.9 Å². The highest BCUT2D eigenvalue weighted by atomic mass is 79.9. The van der Waals surface area contributed by atoms with Crippen LogP contribution in [0.15, 0.2) is 52.1 Å². The summed E-state index contributed by atoms with van der Waals surface area (Å²) in [6, 6.07) is 11.5. The maximum Gasteiger partial charge on any atom is 0.234 e. The number of halogens is 1. The summed E-state index contributed by atoms with van der Waals surface area (Å²) in [6.45, 7) is 2.01. The van der Waals surface area contributed by atoms with Gasteiger partial charge in [-0.2, -0.15) is 0 Å². The molecular weight excluding hydrogens is 324 g/mol. The minimum atomic E-state index is -0.0415. The number of nitrogens with zero attached hydrogens (tertiary/aromatic N) is 1. The van der Waals surface area contributed by atoms with Crippen LogP contribution in [0.3, 0.4) is 0 Å². The van der Waals surface area contributed by atoms with Gasteiger partial charge in [0, 0.05) is 10.7 Å². The number of amides is 1. The van der Waals surface area contributed by atoms with Crippen LogP contribution in [-0.2, 0) is 4.79 Å². The molecule has 1 aromatic heterocycles. The summed E-state index contributed by atoms with van der Waals surface area (Å²) in [4.78, 5) is 16.0. The van der Waals surface area contributed by atoms with Crippen molar-refractivity contribution in [3.8, 4) is 0 Å². The number of carbonyl (C=O) groups is 1. The van der Waals surface area contributed by atoms with E-state index in [-0.39, 0.29) is 5.91 Å². The number of anilines is 1. The monoisotopic (exact) mass is 336 g/mol. The summed E-state index contributed by atoms with van der Waals surface area (Å²) < 4.78 is 0.892. The van der Waals surface area contributed by atoms with Gasteiger partial charge >= 0.3 is 0 Å². The van der Waals surface area contributed by atoms with Crippen molar-refractivity contribution in [1.82, 2.24) is 4.98 Å². The van der Waals surface area contributed by atoms with E-state index in [1.54, 1.807) is 6.20 Å². The zero-order valence-electron chi connectivity index (χ0n) is 10.4. The van der Waals surface area contributed by atoms with E-state index < -0.39 is 0 Å². The predicted octanol–water partition coefficient (Wildman–Crippen LogP) is 3.88. The number of hydrogen-bond donors (Lipinski definition) is 1. The topological polar surface area (TPSA) is 42.0 Å². The fraction of sp³-hybridized carbons (Fsp3) is 0.143. The van der Waals surface area contributed by atoms with E-state index in [1.807, 2.05) is 43.3 Å². The van der Waals surface area contributed by atoms with Crippen molar-refractivity contribution in [1.29, 1.82) is 0 Å². The van der Waals surface area contributed by atoms with Crippen LogP contribution in [0.1, 0.15) is 5.56 Å². The van der Waals surface area contributed by atoms with Gasteiger partial charge in [-0.25, -0.2) is 4.98 Å². The lowest BCUT2D eigenvalue weighted by Crippen LogP contribution is -2.14. The molecule has 0 atom stereocenters. The first-order valence-electron chi connectivity index (χ1n) is 5.75. The van der Waals surface area contributed by atoms with Crippen LogP contribution in [0, 0.1) is 6.92 Å². The molecule has 1 N–H and O–H groups in total. The molecule has 1 amide bonds. The first kappa shape index (κ1) is 14.1. The Labute approximate surface area is 125 Å². The molecule has 0 aliphatic carbocycles. The molecule has 0 spiro atoms. The van der Waals surface area contributed by atoms with Crippen molar-refractivity contribution in [2.24, 2.45) is 0 Å². The van der Waals surface area contributed by atoms with Gasteiger partial charge in [-0.3, -0.25) is 4.79 Å². The highest BCUT2D eigenvalue weighted by Crippen LogP contribution is 2.24. The Kier molecular flexibility index (Phi) is 4.99. The molecule has 0 radical (unpaired) electrons. The summed E-state index contributed by atoms with van der Waals surface area (Å²) in [6.07, 6.45) is 1.72. The first-order chi connectivity index (χ1) is 9.15. The molecule has 2 aromatic rings. The van der Waals surface area contributed by atoms with Gasteiger partial charge in [-0.15, -0.1) is 0 Å². The van der Waals surface area contributed by atoms with Crippen LogP contribution in [0.2, 0.25) is 0 Å². The number of thioether (sulfide) groups is 1. The van der Waals surface area contributed by atoms with Crippen molar-refractivity contribution >= 4 is 39.3 Å². The Morgan fingerprint density at radius 1 is 1.37 bits per heavy atom. The molecule has 19 heavy (non-hydrogen) atoms. The van der Waals surface area contributed by atoms with E-state index in [0.717, 1.165) is 20.7 Å². The summed E-state index contributed by atoms with van der Waals surface area (Å²) in [5, 5.41) is 3.72. The van der Waals surface area contributed by atoms with Gasteiger partial charge in [0.05, 0.1) is 16.5 Å². The molecule has 0 aliphatic heterocycles. The molecule has 2 rings (SSSR count). The quantitative estimate of drug-likeness (QED) is 0.861. The largest absolute Gasteiger partial charge is 0.324 e. The lowest BCUT2D eigenvalue weighted by Gasteiger charge is -2.07. The molecule has 1 aromatic carbocycles. The van der Waals surface area contributed by atoms with Gasteiger partial charge in [0.15, 0.2) is 0 Å². The van der Waals surface area contributed by atoms with Gasteiger partial charge < -0.3 is 5.32 Å². The third-order valence-electron chi connectivity index (χ3n) is 2.39. The minimum Gasteiger partial charge on any atom is -0.324 e. The average Bonchev–Trinajstić information content (AvgIpc) is 2.41. The van der Waals surface area contributed by atoms with Crippen LogP contribution in [0.4, 0.5) is 5.69 Å². The summed E-state index contributed by atoms with van der Waals surface area (Å²) >= 11 is 4.86. The number of hydrogen-bond acceptors (Lipinski definition) is 3. The molecule has 0 saturated heterocycles. The summed E-state index contributed by atoms with van der Waals surface area (Å²) in [5.41, 5.74) is 1.94. The second-order valence-electron chi connectivity index (χ2n) is 3.99. The van der Waals surface area contributed by atoms with Crippen LogP contribution >= 0.6 is 27.7 Å². The number of pyridine rings is 1. The normalized spacial score (nSPS) is 10.2. The van der Waals surface area contributed by atoms with Gasteiger partial charge in [0.25, 0.3) is 0 Å². The second-order valence-corrected chi connectivity index (χ2v) is 5.84. The van der Waals surface area contributed by atoms with E-state index in [0.29, 0.717) is 5.75 Å². The van der Waals surface area contributed by atoms with Gasteiger partial charge in [-0.1, -0.05) is 23.9 Å². The first-order valence-corrected chi connectivity index (χ1v) is 7.53. The van der Waals surface area contributed by atoms with Crippen molar-refractivity contribution in [3.05, 3.63) is 52.6 Å². The smallest absolute Gasteiger partial charge is 0.234 e. The molecule has 0 aliphatic rings. The van der Waals surface area contributed by atoms with Crippen LogP contribution in [-0.4, -0.2) is 16.6 Å². The van der Waals surface area contributed by atoms with E-state index in [4.69, 9.17) is 0 Å². The van der Waals surface area contributed by atoms with Crippen LogP contribution in [0.25, 0.3) is 0 Å². The van der Waals surface area contributed by atoms with Crippen LogP contribution < -0.4 is 5.32 Å². The SMILES string of the molecule is Cc1ccc(NC(=O)CSc2ccccn2)c(Br)c1.